The van der Waals surface area contributed by atoms with Crippen molar-refractivity contribution in [1.82, 2.24) is 4.72 Å². The van der Waals surface area contributed by atoms with Gasteiger partial charge in [0.1, 0.15) is 0 Å². The Kier molecular flexibility index (Phi) is 4.69. The van der Waals surface area contributed by atoms with Crippen molar-refractivity contribution in [2.24, 2.45) is 0 Å². The van der Waals surface area contributed by atoms with Crippen molar-refractivity contribution in [2.75, 3.05) is 5.32 Å². The molecule has 126 valence electrons. The van der Waals surface area contributed by atoms with Crippen molar-refractivity contribution in [1.29, 1.82) is 0 Å². The lowest BCUT2D eigenvalue weighted by Gasteiger charge is -2.11. The maximum atomic E-state index is 12.5. The van der Waals surface area contributed by atoms with Gasteiger partial charge in [-0.2, -0.15) is 0 Å². The van der Waals surface area contributed by atoms with Gasteiger partial charge < -0.3 is 5.32 Å². The van der Waals surface area contributed by atoms with Crippen LogP contribution in [0.1, 0.15) is 35.7 Å². The average molecular weight is 344 g/mol. The van der Waals surface area contributed by atoms with Gasteiger partial charge in [-0.05, 0) is 49.1 Å². The number of hydrogen-bond acceptors (Lipinski definition) is 3. The van der Waals surface area contributed by atoms with Crippen molar-refractivity contribution >= 4 is 21.6 Å². The van der Waals surface area contributed by atoms with E-state index in [-0.39, 0.29) is 16.8 Å². The molecule has 0 bridgehead atoms. The smallest absolute Gasteiger partial charge is 0.255 e. The lowest BCUT2D eigenvalue weighted by atomic mass is 10.1. The second-order valence-corrected chi connectivity index (χ2v) is 7.60. The van der Waals surface area contributed by atoms with Gasteiger partial charge in [-0.15, -0.1) is 0 Å². The Morgan fingerprint density at radius 1 is 1.12 bits per heavy atom. The van der Waals surface area contributed by atoms with Crippen molar-refractivity contribution in [3.8, 4) is 0 Å². The molecule has 0 aliphatic heterocycles. The molecule has 0 aromatic heterocycles. The number of benzene rings is 2. The standard InChI is InChI=1S/C18H20N2O3S/c1-2-13-6-3-4-9-17(13)19-18(21)14-7-5-8-16(12-14)24(22,23)20-15-10-11-15/h3-9,12,15,20H,2,10-11H2,1H3,(H,19,21). The molecule has 3 rings (SSSR count). The molecule has 6 heteroatoms. The highest BCUT2D eigenvalue weighted by Gasteiger charge is 2.28. The topological polar surface area (TPSA) is 75.3 Å². The molecule has 1 aliphatic rings. The molecule has 0 spiro atoms. The van der Waals surface area contributed by atoms with Gasteiger partial charge in [-0.1, -0.05) is 31.2 Å². The van der Waals surface area contributed by atoms with Crippen LogP contribution < -0.4 is 10.0 Å². The van der Waals surface area contributed by atoms with Gasteiger partial charge in [0.2, 0.25) is 10.0 Å². The summed E-state index contributed by atoms with van der Waals surface area (Å²) in [5.41, 5.74) is 2.10. The number of sulfonamides is 1. The van der Waals surface area contributed by atoms with Crippen molar-refractivity contribution in [3.05, 3.63) is 59.7 Å². The predicted molar refractivity (Wildman–Crippen MR) is 93.6 cm³/mol. The summed E-state index contributed by atoms with van der Waals surface area (Å²) >= 11 is 0. The Bertz CT molecular complexity index is 858. The van der Waals surface area contributed by atoms with Crippen LogP contribution in [0.3, 0.4) is 0 Å². The van der Waals surface area contributed by atoms with E-state index in [1.165, 1.54) is 12.1 Å². The summed E-state index contributed by atoms with van der Waals surface area (Å²) in [4.78, 5) is 12.6. The van der Waals surface area contributed by atoms with E-state index in [0.717, 1.165) is 30.5 Å². The Morgan fingerprint density at radius 2 is 1.88 bits per heavy atom. The predicted octanol–water partition coefficient (Wildman–Crippen LogP) is 2.94. The van der Waals surface area contributed by atoms with E-state index in [0.29, 0.717) is 5.56 Å². The molecule has 2 N–H and O–H groups in total. The van der Waals surface area contributed by atoms with E-state index < -0.39 is 10.0 Å². The largest absolute Gasteiger partial charge is 0.322 e. The number of para-hydroxylation sites is 1. The van der Waals surface area contributed by atoms with Crippen molar-refractivity contribution in [3.63, 3.8) is 0 Å². The Balaban J connectivity index is 1.81. The lowest BCUT2D eigenvalue weighted by Crippen LogP contribution is -2.26. The van der Waals surface area contributed by atoms with Crippen LogP contribution >= 0.6 is 0 Å². The Hall–Kier alpha value is -2.18. The summed E-state index contributed by atoms with van der Waals surface area (Å²) in [5.74, 6) is -0.320. The van der Waals surface area contributed by atoms with Gasteiger partial charge in [0.05, 0.1) is 4.90 Å². The van der Waals surface area contributed by atoms with Gasteiger partial charge in [0, 0.05) is 17.3 Å². The normalized spacial score (nSPS) is 14.4. The molecule has 0 heterocycles. The van der Waals surface area contributed by atoms with Crippen LogP contribution in [0.15, 0.2) is 53.4 Å². The van der Waals surface area contributed by atoms with E-state index in [9.17, 15) is 13.2 Å². The quantitative estimate of drug-likeness (QED) is 0.846. The fraction of sp³-hybridized carbons (Fsp3) is 0.278. The number of aryl methyl sites for hydroxylation is 1. The summed E-state index contributed by atoms with van der Waals surface area (Å²) in [7, 11) is -3.57. The molecule has 1 fully saturated rings. The molecule has 5 nitrogen and oxygen atoms in total. The van der Waals surface area contributed by atoms with Crippen LogP contribution in [0.25, 0.3) is 0 Å². The van der Waals surface area contributed by atoms with Gasteiger partial charge in [-0.3, -0.25) is 4.79 Å². The summed E-state index contributed by atoms with van der Waals surface area (Å²) in [6.45, 7) is 2.02. The zero-order valence-corrected chi connectivity index (χ0v) is 14.3. The average Bonchev–Trinajstić information content (AvgIpc) is 3.39. The minimum absolute atomic E-state index is 0.0314. The highest BCUT2D eigenvalue weighted by atomic mass is 32.2. The summed E-state index contributed by atoms with van der Waals surface area (Å²) in [6, 6.07) is 13.7. The van der Waals surface area contributed by atoms with Gasteiger partial charge in [0.25, 0.3) is 5.91 Å². The molecule has 0 atom stereocenters. The second-order valence-electron chi connectivity index (χ2n) is 5.89. The van der Waals surface area contributed by atoms with Crippen molar-refractivity contribution < 1.29 is 13.2 Å². The molecular formula is C18H20N2O3S. The first-order chi connectivity index (χ1) is 11.5. The third-order valence-corrected chi connectivity index (χ3v) is 5.47. The summed E-state index contributed by atoms with van der Waals surface area (Å²) in [5, 5.41) is 2.86. The molecule has 24 heavy (non-hydrogen) atoms. The molecule has 1 aliphatic carbocycles. The first kappa shape index (κ1) is 16.7. The number of hydrogen-bond donors (Lipinski definition) is 2. The highest BCUT2D eigenvalue weighted by molar-refractivity contribution is 7.89. The molecule has 0 unspecified atom stereocenters. The zero-order valence-electron chi connectivity index (χ0n) is 13.5. The number of nitrogens with one attached hydrogen (secondary N) is 2. The first-order valence-corrected chi connectivity index (χ1v) is 9.49. The number of amides is 1. The SMILES string of the molecule is CCc1ccccc1NC(=O)c1cccc(S(=O)(=O)NC2CC2)c1. The number of carbonyl (C=O) groups excluding carboxylic acids is 1. The molecular weight excluding hydrogens is 324 g/mol. The lowest BCUT2D eigenvalue weighted by molar-refractivity contribution is 0.102. The molecule has 1 saturated carbocycles. The van der Waals surface area contributed by atoms with Crippen LogP contribution in [0.4, 0.5) is 5.69 Å². The fourth-order valence-electron chi connectivity index (χ4n) is 2.44. The van der Waals surface area contributed by atoms with Gasteiger partial charge in [0.15, 0.2) is 0 Å². The van der Waals surface area contributed by atoms with E-state index in [4.69, 9.17) is 0 Å². The van der Waals surface area contributed by atoms with Gasteiger partial charge in [-0.25, -0.2) is 13.1 Å². The van der Waals surface area contributed by atoms with E-state index in [2.05, 4.69) is 10.0 Å². The maximum Gasteiger partial charge on any atom is 0.255 e. The third-order valence-electron chi connectivity index (χ3n) is 3.95. The number of rotatable bonds is 6. The first-order valence-electron chi connectivity index (χ1n) is 8.01. The molecule has 2 aromatic rings. The van der Waals surface area contributed by atoms with Crippen LogP contribution in [0.5, 0.6) is 0 Å². The van der Waals surface area contributed by atoms with E-state index in [1.54, 1.807) is 12.1 Å². The Labute approximate surface area is 142 Å². The van der Waals surface area contributed by atoms with E-state index >= 15 is 0 Å². The van der Waals surface area contributed by atoms with Crippen LogP contribution in [0, 0.1) is 0 Å². The number of carbonyl (C=O) groups is 1. The van der Waals surface area contributed by atoms with Crippen molar-refractivity contribution in [2.45, 2.75) is 37.1 Å². The minimum atomic E-state index is -3.57. The minimum Gasteiger partial charge on any atom is -0.322 e. The second kappa shape index (κ2) is 6.75. The number of anilines is 1. The van der Waals surface area contributed by atoms with E-state index in [1.807, 2.05) is 31.2 Å². The van der Waals surface area contributed by atoms with Crippen LogP contribution in [-0.2, 0) is 16.4 Å². The summed E-state index contributed by atoms with van der Waals surface area (Å²) in [6.07, 6.45) is 2.54. The molecule has 1 amide bonds. The zero-order chi connectivity index (χ0) is 17.2. The maximum absolute atomic E-state index is 12.5. The van der Waals surface area contributed by atoms with Gasteiger partial charge >= 0.3 is 0 Å². The molecule has 0 saturated heterocycles. The van der Waals surface area contributed by atoms with Crippen LogP contribution in [-0.4, -0.2) is 20.4 Å². The molecule has 2 aromatic carbocycles. The molecule has 0 radical (unpaired) electrons. The monoisotopic (exact) mass is 344 g/mol. The van der Waals surface area contributed by atoms with Crippen LogP contribution in [0.2, 0.25) is 0 Å². The highest BCUT2D eigenvalue weighted by Crippen LogP contribution is 2.23. The Morgan fingerprint density at radius 3 is 2.58 bits per heavy atom. The third kappa shape index (κ3) is 3.83. The summed E-state index contributed by atoms with van der Waals surface area (Å²) < 4.78 is 27.2. The fourth-order valence-corrected chi connectivity index (χ4v) is 3.79.